The van der Waals surface area contributed by atoms with Crippen molar-refractivity contribution in [1.29, 1.82) is 0 Å². The molecule has 0 amide bonds. The number of hydrogen-bond acceptors (Lipinski definition) is 5. The van der Waals surface area contributed by atoms with Crippen LogP contribution >= 0.6 is 0 Å². The van der Waals surface area contributed by atoms with Gasteiger partial charge in [-0.3, -0.25) is 0 Å². The summed E-state index contributed by atoms with van der Waals surface area (Å²) < 4.78 is 0. The molecule has 114 valence electrons. The molecule has 0 spiro atoms. The highest BCUT2D eigenvalue weighted by atomic mass is 16.4. The third-order valence-corrected chi connectivity index (χ3v) is 4.03. The Bertz CT molecular complexity index is 650. The van der Waals surface area contributed by atoms with Crippen LogP contribution in [0.25, 0.3) is 11.3 Å². The maximum Gasteiger partial charge on any atom is 0.335 e. The van der Waals surface area contributed by atoms with Crippen LogP contribution in [-0.2, 0) is 4.79 Å². The van der Waals surface area contributed by atoms with E-state index in [1.165, 1.54) is 0 Å². The summed E-state index contributed by atoms with van der Waals surface area (Å²) in [6, 6.07) is 13.6. The zero-order valence-corrected chi connectivity index (χ0v) is 12.0. The molecule has 6 heteroatoms. The second-order valence-electron chi connectivity index (χ2n) is 5.47. The molecule has 1 aliphatic heterocycles. The molecule has 2 aromatic rings. The Morgan fingerprint density at radius 1 is 1.05 bits per heavy atom. The van der Waals surface area contributed by atoms with Crippen LogP contribution in [0.2, 0.25) is 0 Å². The third kappa shape index (κ3) is 2.78. The number of carboxylic acid groups (broad SMARTS) is 1. The van der Waals surface area contributed by atoms with Gasteiger partial charge in [-0.05, 0) is 12.1 Å². The molecule has 0 radical (unpaired) electrons. The summed E-state index contributed by atoms with van der Waals surface area (Å²) >= 11 is 0. The van der Waals surface area contributed by atoms with E-state index < -0.39 is 11.6 Å². The van der Waals surface area contributed by atoms with Gasteiger partial charge in [0.15, 0.2) is 11.4 Å². The standard InChI is InChI=1S/C16H17N3O3/c20-15(21)16(22)8-10-19(11-9-16)14-7-6-13(17-18-14)12-4-2-1-3-5-12/h1-7,22H,8-11H2,(H,20,21). The van der Waals surface area contributed by atoms with Crippen molar-refractivity contribution in [3.8, 4) is 11.3 Å². The van der Waals surface area contributed by atoms with Crippen molar-refractivity contribution in [2.45, 2.75) is 18.4 Å². The van der Waals surface area contributed by atoms with Gasteiger partial charge < -0.3 is 15.1 Å². The molecule has 3 rings (SSSR count). The van der Waals surface area contributed by atoms with E-state index in [2.05, 4.69) is 10.2 Å². The van der Waals surface area contributed by atoms with E-state index in [1.807, 2.05) is 47.4 Å². The van der Waals surface area contributed by atoms with E-state index in [9.17, 15) is 9.90 Å². The van der Waals surface area contributed by atoms with E-state index in [0.717, 1.165) is 11.3 Å². The number of aromatic nitrogens is 2. The average molecular weight is 299 g/mol. The van der Waals surface area contributed by atoms with Crippen LogP contribution in [-0.4, -0.2) is 45.1 Å². The van der Waals surface area contributed by atoms with Crippen LogP contribution in [0, 0.1) is 0 Å². The summed E-state index contributed by atoms with van der Waals surface area (Å²) in [6.07, 6.45) is 0.370. The molecule has 22 heavy (non-hydrogen) atoms. The monoisotopic (exact) mass is 299 g/mol. The van der Waals surface area contributed by atoms with Crippen molar-refractivity contribution >= 4 is 11.8 Å². The number of anilines is 1. The highest BCUT2D eigenvalue weighted by molar-refractivity contribution is 5.77. The SMILES string of the molecule is O=C(O)C1(O)CCN(c2ccc(-c3ccccc3)nn2)CC1. The van der Waals surface area contributed by atoms with Crippen LogP contribution in [0.4, 0.5) is 5.82 Å². The van der Waals surface area contributed by atoms with Gasteiger partial charge in [-0.25, -0.2) is 4.79 Å². The molecule has 0 aliphatic carbocycles. The third-order valence-electron chi connectivity index (χ3n) is 4.03. The quantitative estimate of drug-likeness (QED) is 0.894. The number of carboxylic acids is 1. The lowest BCUT2D eigenvalue weighted by molar-refractivity contribution is -0.160. The van der Waals surface area contributed by atoms with Gasteiger partial charge in [-0.15, -0.1) is 10.2 Å². The lowest BCUT2D eigenvalue weighted by atomic mass is 9.92. The number of carbonyl (C=O) groups is 1. The minimum atomic E-state index is -1.62. The Labute approximate surface area is 128 Å². The van der Waals surface area contributed by atoms with Gasteiger partial charge in [0.25, 0.3) is 0 Å². The normalized spacial score (nSPS) is 17.2. The lowest BCUT2D eigenvalue weighted by Gasteiger charge is -2.35. The molecule has 2 heterocycles. The zero-order chi connectivity index (χ0) is 15.6. The summed E-state index contributed by atoms with van der Waals surface area (Å²) in [7, 11) is 0. The summed E-state index contributed by atoms with van der Waals surface area (Å²) in [5, 5.41) is 27.4. The first-order chi connectivity index (χ1) is 10.6. The number of nitrogens with zero attached hydrogens (tertiary/aromatic N) is 3. The number of aliphatic hydroxyl groups is 1. The van der Waals surface area contributed by atoms with Gasteiger partial charge in [0.05, 0.1) is 5.69 Å². The van der Waals surface area contributed by atoms with Crippen LogP contribution in [0.3, 0.4) is 0 Å². The Hall–Kier alpha value is -2.47. The maximum atomic E-state index is 11.0. The molecule has 1 aliphatic rings. The second-order valence-corrected chi connectivity index (χ2v) is 5.47. The van der Waals surface area contributed by atoms with Crippen LogP contribution < -0.4 is 4.90 Å². The van der Waals surface area contributed by atoms with E-state index in [1.54, 1.807) is 0 Å². The smallest absolute Gasteiger partial charge is 0.335 e. The highest BCUT2D eigenvalue weighted by Gasteiger charge is 2.39. The van der Waals surface area contributed by atoms with Gasteiger partial charge in [-0.2, -0.15) is 0 Å². The van der Waals surface area contributed by atoms with Crippen molar-refractivity contribution in [1.82, 2.24) is 10.2 Å². The summed E-state index contributed by atoms with van der Waals surface area (Å²) in [5.74, 6) is -0.454. The highest BCUT2D eigenvalue weighted by Crippen LogP contribution is 2.26. The van der Waals surface area contributed by atoms with E-state index >= 15 is 0 Å². The van der Waals surface area contributed by atoms with Crippen molar-refractivity contribution in [3.63, 3.8) is 0 Å². The molecule has 0 bridgehead atoms. The minimum absolute atomic E-state index is 0.185. The second kappa shape index (κ2) is 5.73. The van der Waals surface area contributed by atoms with Gasteiger partial charge in [0.2, 0.25) is 0 Å². The zero-order valence-electron chi connectivity index (χ0n) is 12.0. The molecule has 1 aromatic carbocycles. The van der Waals surface area contributed by atoms with Gasteiger partial charge in [-0.1, -0.05) is 30.3 Å². The lowest BCUT2D eigenvalue weighted by Crippen LogP contribution is -2.49. The number of aliphatic carboxylic acids is 1. The minimum Gasteiger partial charge on any atom is -0.479 e. The molecule has 1 aromatic heterocycles. The fraction of sp³-hybridized carbons (Fsp3) is 0.312. The predicted molar refractivity (Wildman–Crippen MR) is 81.5 cm³/mol. The fourth-order valence-corrected chi connectivity index (χ4v) is 2.58. The summed E-state index contributed by atoms with van der Waals surface area (Å²) in [6.45, 7) is 0.893. The van der Waals surface area contributed by atoms with Crippen LogP contribution in [0.5, 0.6) is 0 Å². The Balaban J connectivity index is 1.71. The van der Waals surface area contributed by atoms with Gasteiger partial charge in [0, 0.05) is 31.5 Å². The van der Waals surface area contributed by atoms with Crippen LogP contribution in [0.15, 0.2) is 42.5 Å². The molecule has 1 saturated heterocycles. The first kappa shape index (κ1) is 14.5. The average Bonchev–Trinajstić information content (AvgIpc) is 2.56. The first-order valence-electron chi connectivity index (χ1n) is 7.18. The Morgan fingerprint density at radius 3 is 2.27 bits per heavy atom. The molecule has 0 saturated carbocycles. The van der Waals surface area contributed by atoms with Crippen molar-refractivity contribution in [2.75, 3.05) is 18.0 Å². The molecule has 2 N–H and O–H groups in total. The van der Waals surface area contributed by atoms with E-state index in [-0.39, 0.29) is 12.8 Å². The molecule has 0 unspecified atom stereocenters. The molecule has 0 atom stereocenters. The van der Waals surface area contributed by atoms with E-state index in [0.29, 0.717) is 18.9 Å². The van der Waals surface area contributed by atoms with Crippen molar-refractivity contribution in [2.24, 2.45) is 0 Å². The molecular weight excluding hydrogens is 282 g/mol. The Kier molecular flexibility index (Phi) is 3.77. The molecule has 6 nitrogen and oxygen atoms in total. The van der Waals surface area contributed by atoms with Crippen LogP contribution in [0.1, 0.15) is 12.8 Å². The Morgan fingerprint density at radius 2 is 1.73 bits per heavy atom. The number of piperidine rings is 1. The predicted octanol–water partition coefficient (Wildman–Crippen LogP) is 1.56. The summed E-state index contributed by atoms with van der Waals surface area (Å²) in [5.41, 5.74) is 0.178. The maximum absolute atomic E-state index is 11.0. The fourth-order valence-electron chi connectivity index (χ4n) is 2.58. The largest absolute Gasteiger partial charge is 0.479 e. The van der Waals surface area contributed by atoms with Crippen molar-refractivity contribution < 1.29 is 15.0 Å². The number of benzene rings is 1. The topological polar surface area (TPSA) is 86.5 Å². The van der Waals surface area contributed by atoms with Gasteiger partial charge in [0.1, 0.15) is 0 Å². The van der Waals surface area contributed by atoms with Gasteiger partial charge >= 0.3 is 5.97 Å². The first-order valence-corrected chi connectivity index (χ1v) is 7.18. The molecule has 1 fully saturated rings. The van der Waals surface area contributed by atoms with Crippen molar-refractivity contribution in [3.05, 3.63) is 42.5 Å². The molecular formula is C16H17N3O3. The number of hydrogen-bond donors (Lipinski definition) is 2. The summed E-state index contributed by atoms with van der Waals surface area (Å²) in [4.78, 5) is 13.0. The number of rotatable bonds is 3. The van der Waals surface area contributed by atoms with E-state index in [4.69, 9.17) is 5.11 Å².